The molecule has 4 N–H and O–H groups in total. The van der Waals surface area contributed by atoms with Gasteiger partial charge in [0.2, 0.25) is 12.3 Å². The van der Waals surface area contributed by atoms with Crippen molar-refractivity contribution in [3.8, 4) is 17.1 Å². The minimum atomic E-state index is -0.0921. The Hall–Kier alpha value is -4.07. The number of morpholine rings is 1. The van der Waals surface area contributed by atoms with Gasteiger partial charge in [0.05, 0.1) is 31.4 Å². The largest absolute Gasteiger partial charge is 0.475 e. The summed E-state index contributed by atoms with van der Waals surface area (Å²) in [6.07, 6.45) is 3.50. The predicted octanol–water partition coefficient (Wildman–Crippen LogP) is 4.05. The molecule has 40 heavy (non-hydrogen) atoms. The van der Waals surface area contributed by atoms with E-state index in [0.717, 1.165) is 55.6 Å². The Labute approximate surface area is 236 Å². The Morgan fingerprint density at radius 3 is 2.65 bits per heavy atom. The molecule has 5 rings (SSSR count). The fourth-order valence-corrected chi connectivity index (χ4v) is 4.51. The number of nitrogens with one attached hydrogen (secondary N) is 2. The average Bonchev–Trinajstić information content (AvgIpc) is 3.41. The molecule has 1 aliphatic rings. The van der Waals surface area contributed by atoms with Crippen LogP contribution in [0.1, 0.15) is 26.5 Å². The Bertz CT molecular complexity index is 1420. The number of nitrogens with zero attached hydrogens (tertiary/aromatic N) is 5. The number of amides is 1. The molecule has 1 amide bonds. The second-order valence-electron chi connectivity index (χ2n) is 9.86. The highest BCUT2D eigenvalue weighted by molar-refractivity contribution is 7.16. The molecule has 0 unspecified atom stereocenters. The summed E-state index contributed by atoms with van der Waals surface area (Å²) in [7, 11) is 0. The van der Waals surface area contributed by atoms with Gasteiger partial charge in [-0.05, 0) is 17.7 Å². The third kappa shape index (κ3) is 8.21. The first-order chi connectivity index (χ1) is 19.4. The quantitative estimate of drug-likeness (QED) is 0.279. The van der Waals surface area contributed by atoms with Gasteiger partial charge in [0.25, 0.3) is 0 Å². The minimum absolute atomic E-state index is 0.0921. The first-order valence-corrected chi connectivity index (χ1v) is 13.7. The molecule has 1 aromatic carbocycles. The number of hydrogen-bond acceptors (Lipinski definition) is 11. The molecule has 1 saturated heterocycles. The Balaban J connectivity index is 0.00000118. The van der Waals surface area contributed by atoms with Crippen LogP contribution in [0.3, 0.4) is 0 Å². The molecule has 0 radical (unpaired) electrons. The van der Waals surface area contributed by atoms with Crippen molar-refractivity contribution in [3.05, 3.63) is 54.0 Å². The van der Waals surface area contributed by atoms with Crippen molar-refractivity contribution < 1.29 is 18.8 Å². The van der Waals surface area contributed by atoms with Crippen LogP contribution < -0.4 is 15.8 Å². The van der Waals surface area contributed by atoms with Gasteiger partial charge in [-0.3, -0.25) is 9.69 Å². The van der Waals surface area contributed by atoms with Crippen LogP contribution in [-0.2, 0) is 14.9 Å². The van der Waals surface area contributed by atoms with E-state index >= 15 is 0 Å². The van der Waals surface area contributed by atoms with Crippen LogP contribution in [0.2, 0.25) is 0 Å². The van der Waals surface area contributed by atoms with Crippen molar-refractivity contribution in [1.82, 2.24) is 30.0 Å². The molecule has 4 aromatic rings. The fraction of sp³-hybridized carbons (Fsp3) is 0.370. The van der Waals surface area contributed by atoms with Gasteiger partial charge >= 0.3 is 0 Å². The van der Waals surface area contributed by atoms with Crippen LogP contribution in [0.5, 0.6) is 5.88 Å². The number of hydrogen-bond donors (Lipinski definition) is 3. The van der Waals surface area contributed by atoms with Crippen LogP contribution in [0.15, 0.2) is 52.8 Å². The summed E-state index contributed by atoms with van der Waals surface area (Å²) in [5.74, 6) is 2.01. The van der Waals surface area contributed by atoms with Crippen LogP contribution in [-0.4, -0.2) is 75.9 Å². The molecule has 13 heteroatoms. The zero-order valence-electron chi connectivity index (χ0n) is 22.8. The van der Waals surface area contributed by atoms with Gasteiger partial charge in [-0.1, -0.05) is 38.1 Å². The van der Waals surface area contributed by atoms with Gasteiger partial charge < -0.3 is 30.0 Å². The van der Waals surface area contributed by atoms with E-state index in [9.17, 15) is 0 Å². The summed E-state index contributed by atoms with van der Waals surface area (Å²) in [4.78, 5) is 28.3. The van der Waals surface area contributed by atoms with Gasteiger partial charge in [0, 0.05) is 42.2 Å². The lowest BCUT2D eigenvalue weighted by atomic mass is 9.93. The number of fused-ring (bicyclic) bond motifs is 1. The van der Waals surface area contributed by atoms with Crippen molar-refractivity contribution in [2.75, 3.05) is 44.8 Å². The molecular formula is C27H34N8O4S. The SMILES string of the molecule is CC(C)(C)c1cc(Nc2ccc(-c3csc4nc(OCCN5CCOCC5)cnc4nc[nH]3)cc2)no1.NC=O. The second-order valence-corrected chi connectivity index (χ2v) is 10.7. The molecule has 12 nitrogen and oxygen atoms in total. The van der Waals surface area contributed by atoms with E-state index in [4.69, 9.17) is 18.8 Å². The summed E-state index contributed by atoms with van der Waals surface area (Å²) in [5, 5.41) is 9.42. The third-order valence-electron chi connectivity index (χ3n) is 5.87. The van der Waals surface area contributed by atoms with Gasteiger partial charge in [0.15, 0.2) is 16.3 Å². The summed E-state index contributed by atoms with van der Waals surface area (Å²) in [5.41, 5.74) is 7.46. The lowest BCUT2D eigenvalue weighted by Gasteiger charge is -2.26. The summed E-state index contributed by atoms with van der Waals surface area (Å²) < 4.78 is 16.7. The number of carbonyl (C=O) groups excluding carboxylic acids is 1. The average molecular weight is 567 g/mol. The van der Waals surface area contributed by atoms with Crippen molar-refractivity contribution >= 4 is 39.7 Å². The van der Waals surface area contributed by atoms with Crippen molar-refractivity contribution in [1.29, 1.82) is 0 Å². The summed E-state index contributed by atoms with van der Waals surface area (Å²) in [6.45, 7) is 11.1. The molecule has 0 atom stereocenters. The number of ether oxygens (including phenoxy) is 2. The van der Waals surface area contributed by atoms with E-state index in [-0.39, 0.29) is 11.8 Å². The molecule has 0 bridgehead atoms. The topological polar surface area (TPSA) is 157 Å². The molecule has 1 fully saturated rings. The van der Waals surface area contributed by atoms with E-state index in [2.05, 4.69) is 61.8 Å². The smallest absolute Gasteiger partial charge is 0.233 e. The number of primary amides is 1. The number of rotatable bonds is 7. The Kier molecular flexibility index (Phi) is 10.00. The molecular weight excluding hydrogens is 532 g/mol. The van der Waals surface area contributed by atoms with E-state index in [0.29, 0.717) is 28.8 Å². The monoisotopic (exact) mass is 566 g/mol. The first-order valence-electron chi connectivity index (χ1n) is 12.8. The fourth-order valence-electron chi connectivity index (χ4n) is 3.72. The lowest BCUT2D eigenvalue weighted by Crippen LogP contribution is -2.38. The van der Waals surface area contributed by atoms with Crippen molar-refractivity contribution in [2.24, 2.45) is 5.73 Å². The maximum atomic E-state index is 8.58. The van der Waals surface area contributed by atoms with Gasteiger partial charge in [-0.2, -0.15) is 4.98 Å². The number of carbonyl (C=O) groups is 1. The highest BCUT2D eigenvalue weighted by Gasteiger charge is 2.19. The zero-order valence-corrected chi connectivity index (χ0v) is 23.6. The maximum Gasteiger partial charge on any atom is 0.233 e. The molecule has 4 heterocycles. The Morgan fingerprint density at radius 1 is 1.20 bits per heavy atom. The second kappa shape index (κ2) is 13.8. The van der Waals surface area contributed by atoms with E-state index in [1.807, 2.05) is 35.7 Å². The van der Waals surface area contributed by atoms with Gasteiger partial charge in [-0.25, -0.2) is 9.97 Å². The van der Waals surface area contributed by atoms with E-state index in [1.165, 1.54) is 11.3 Å². The molecule has 1 aliphatic heterocycles. The molecule has 3 aromatic heterocycles. The highest BCUT2D eigenvalue weighted by atomic mass is 32.1. The third-order valence-corrected chi connectivity index (χ3v) is 6.73. The maximum absolute atomic E-state index is 8.58. The van der Waals surface area contributed by atoms with Crippen LogP contribution in [0.25, 0.3) is 21.7 Å². The predicted molar refractivity (Wildman–Crippen MR) is 154 cm³/mol. The van der Waals surface area contributed by atoms with Crippen LogP contribution >= 0.6 is 11.3 Å². The number of aromatic amines is 1. The minimum Gasteiger partial charge on any atom is -0.475 e. The normalized spacial score (nSPS) is 13.7. The van der Waals surface area contributed by atoms with E-state index < -0.39 is 0 Å². The standard InChI is InChI=1S/C26H31N7O3S.CH3NO/c1-26(2,3)21-14-22(32-36-21)30-19-6-4-18(5-7-19)20-16-37-25-24(29-17-28-20)27-15-23(31-25)35-13-10-33-8-11-34-12-9-33;2-1-3/h4-7,14-17H,8-13H2,1-3H3,(H,30,32)(H,27,28,29);1H,(H2,2,3). The lowest BCUT2D eigenvalue weighted by molar-refractivity contribution is -0.106. The Morgan fingerprint density at radius 2 is 1.95 bits per heavy atom. The summed E-state index contributed by atoms with van der Waals surface area (Å²) in [6, 6.07) is 9.98. The zero-order chi connectivity index (χ0) is 28.4. The van der Waals surface area contributed by atoms with Crippen LogP contribution in [0, 0.1) is 0 Å². The van der Waals surface area contributed by atoms with Crippen LogP contribution in [0.4, 0.5) is 11.5 Å². The molecule has 0 spiro atoms. The highest BCUT2D eigenvalue weighted by Crippen LogP contribution is 2.27. The number of nitrogens with two attached hydrogens (primary N) is 1. The number of H-pyrrole nitrogens is 1. The summed E-state index contributed by atoms with van der Waals surface area (Å²) >= 11 is 1.46. The van der Waals surface area contributed by atoms with E-state index in [1.54, 1.807) is 12.5 Å². The van der Waals surface area contributed by atoms with Gasteiger partial charge in [0.1, 0.15) is 12.4 Å². The molecule has 0 aliphatic carbocycles. The molecule has 0 saturated carbocycles. The number of anilines is 2. The number of aromatic nitrogens is 5. The first kappa shape index (κ1) is 28.9. The molecule has 212 valence electrons. The van der Waals surface area contributed by atoms with Crippen molar-refractivity contribution in [2.45, 2.75) is 26.2 Å². The van der Waals surface area contributed by atoms with Gasteiger partial charge in [-0.15, -0.1) is 11.3 Å². The van der Waals surface area contributed by atoms with Crippen molar-refractivity contribution in [3.63, 3.8) is 0 Å². The number of benzene rings is 1.